The van der Waals surface area contributed by atoms with Crippen molar-refractivity contribution in [1.29, 1.82) is 0 Å². The minimum atomic E-state index is -0.418. The number of amides is 2. The Morgan fingerprint density at radius 1 is 0.788 bits per heavy atom. The van der Waals surface area contributed by atoms with E-state index < -0.39 is 6.04 Å². The second kappa shape index (κ2) is 10.9. The molecule has 0 bridgehead atoms. The molecule has 0 aliphatic carbocycles. The zero-order valence-electron chi connectivity index (χ0n) is 18.6. The molecule has 170 valence electrons. The summed E-state index contributed by atoms with van der Waals surface area (Å²) in [5.41, 5.74) is 2.83. The number of carbonyl (C=O) groups is 2. The van der Waals surface area contributed by atoms with Gasteiger partial charge in [-0.25, -0.2) is 0 Å². The predicted molar refractivity (Wildman–Crippen MR) is 128 cm³/mol. The van der Waals surface area contributed by atoms with E-state index in [4.69, 9.17) is 0 Å². The maximum atomic E-state index is 13.6. The first kappa shape index (κ1) is 22.7. The fourth-order valence-electron chi connectivity index (χ4n) is 4.52. The topological polar surface area (TPSA) is 69.6 Å². The van der Waals surface area contributed by atoms with Gasteiger partial charge in [0, 0.05) is 19.0 Å². The van der Waals surface area contributed by atoms with Gasteiger partial charge in [-0.2, -0.15) is 0 Å². The lowest BCUT2D eigenvalue weighted by atomic mass is 9.88. The monoisotopic (exact) mass is 442 g/mol. The molecule has 5 nitrogen and oxygen atoms in total. The highest BCUT2D eigenvalue weighted by atomic mass is 16.3. The van der Waals surface area contributed by atoms with Crippen molar-refractivity contribution in [3.63, 3.8) is 0 Å². The molecular weight excluding hydrogens is 412 g/mol. The van der Waals surface area contributed by atoms with E-state index in [2.05, 4.69) is 5.32 Å². The molecule has 0 spiro atoms. The van der Waals surface area contributed by atoms with E-state index in [0.717, 1.165) is 16.7 Å². The SMILES string of the molecule is O=C(N[C@H](CO)c1ccccc1)C1CCN(C(=O)C(c2ccccc2)c2ccccc2)CC1. The Morgan fingerprint density at radius 3 is 1.70 bits per heavy atom. The maximum Gasteiger partial charge on any atom is 0.234 e. The Kier molecular flexibility index (Phi) is 7.53. The number of likely N-dealkylation sites (tertiary alicyclic amines) is 1. The second-order valence-electron chi connectivity index (χ2n) is 8.51. The van der Waals surface area contributed by atoms with Crippen LogP contribution in [0, 0.1) is 5.92 Å². The molecule has 0 unspecified atom stereocenters. The number of nitrogens with one attached hydrogen (secondary N) is 1. The van der Waals surface area contributed by atoms with Gasteiger partial charge in [0.2, 0.25) is 11.8 Å². The third-order valence-electron chi connectivity index (χ3n) is 6.39. The van der Waals surface area contributed by atoms with Gasteiger partial charge in [0.15, 0.2) is 0 Å². The van der Waals surface area contributed by atoms with Crippen LogP contribution in [0.5, 0.6) is 0 Å². The molecular formula is C28H30N2O3. The van der Waals surface area contributed by atoms with Crippen molar-refractivity contribution in [2.45, 2.75) is 24.8 Å². The molecule has 2 amide bonds. The molecule has 1 atom stereocenters. The number of carbonyl (C=O) groups excluding carboxylic acids is 2. The summed E-state index contributed by atoms with van der Waals surface area (Å²) >= 11 is 0. The van der Waals surface area contributed by atoms with Crippen molar-refractivity contribution in [3.8, 4) is 0 Å². The smallest absolute Gasteiger partial charge is 0.234 e. The minimum Gasteiger partial charge on any atom is -0.394 e. The maximum absolute atomic E-state index is 13.6. The van der Waals surface area contributed by atoms with Crippen molar-refractivity contribution >= 4 is 11.8 Å². The summed E-state index contributed by atoms with van der Waals surface area (Å²) in [4.78, 5) is 28.3. The van der Waals surface area contributed by atoms with Crippen molar-refractivity contribution < 1.29 is 14.7 Å². The largest absolute Gasteiger partial charge is 0.394 e. The highest BCUT2D eigenvalue weighted by Crippen LogP contribution is 2.29. The van der Waals surface area contributed by atoms with Crippen LogP contribution in [0.3, 0.4) is 0 Å². The van der Waals surface area contributed by atoms with Crippen molar-refractivity contribution in [2.75, 3.05) is 19.7 Å². The molecule has 0 radical (unpaired) electrons. The highest BCUT2D eigenvalue weighted by Gasteiger charge is 2.32. The molecule has 5 heteroatoms. The summed E-state index contributed by atoms with van der Waals surface area (Å²) in [5.74, 6) is -0.509. The van der Waals surface area contributed by atoms with Crippen LogP contribution in [-0.4, -0.2) is 41.5 Å². The third kappa shape index (κ3) is 5.49. The van der Waals surface area contributed by atoms with Crippen LogP contribution in [-0.2, 0) is 9.59 Å². The van der Waals surface area contributed by atoms with Crippen LogP contribution in [0.4, 0.5) is 0 Å². The lowest BCUT2D eigenvalue weighted by molar-refractivity contribution is -0.136. The number of piperidine rings is 1. The number of hydrogen-bond acceptors (Lipinski definition) is 3. The third-order valence-corrected chi connectivity index (χ3v) is 6.39. The lowest BCUT2D eigenvalue weighted by Gasteiger charge is -2.34. The standard InChI is InChI=1S/C28H30N2O3/c31-20-25(21-10-4-1-5-11-21)29-27(32)24-16-18-30(19-17-24)28(33)26(22-12-6-2-7-13-22)23-14-8-3-9-15-23/h1-15,24-26,31H,16-20H2,(H,29,32)/t25-/m1/s1. The molecule has 1 aliphatic rings. The fourth-order valence-corrected chi connectivity index (χ4v) is 4.52. The normalized spacial score (nSPS) is 15.3. The van der Waals surface area contributed by atoms with Gasteiger partial charge in [-0.15, -0.1) is 0 Å². The quantitative estimate of drug-likeness (QED) is 0.583. The number of aliphatic hydroxyl groups excluding tert-OH is 1. The van der Waals surface area contributed by atoms with E-state index in [-0.39, 0.29) is 30.3 Å². The van der Waals surface area contributed by atoms with Crippen LogP contribution in [0.15, 0.2) is 91.0 Å². The van der Waals surface area contributed by atoms with Crippen LogP contribution in [0.1, 0.15) is 41.5 Å². The highest BCUT2D eigenvalue weighted by molar-refractivity contribution is 5.87. The summed E-state index contributed by atoms with van der Waals surface area (Å²) in [5, 5.41) is 12.7. The molecule has 1 saturated heterocycles. The van der Waals surface area contributed by atoms with E-state index in [1.165, 1.54) is 0 Å². The number of hydrogen-bond donors (Lipinski definition) is 2. The number of benzene rings is 3. The zero-order valence-corrected chi connectivity index (χ0v) is 18.6. The van der Waals surface area contributed by atoms with Crippen LogP contribution >= 0.6 is 0 Å². The molecule has 0 aromatic heterocycles. The number of rotatable bonds is 7. The molecule has 2 N–H and O–H groups in total. The Balaban J connectivity index is 1.41. The summed E-state index contributed by atoms with van der Waals surface area (Å²) in [6, 6.07) is 28.8. The van der Waals surface area contributed by atoms with Gasteiger partial charge in [-0.05, 0) is 29.5 Å². The molecule has 4 rings (SSSR count). The van der Waals surface area contributed by atoms with Gasteiger partial charge >= 0.3 is 0 Å². The van der Waals surface area contributed by atoms with E-state index in [1.54, 1.807) is 0 Å². The van der Waals surface area contributed by atoms with E-state index in [1.807, 2.05) is 95.9 Å². The molecule has 1 fully saturated rings. The Morgan fingerprint density at radius 2 is 1.24 bits per heavy atom. The summed E-state index contributed by atoms with van der Waals surface area (Å²) in [6.07, 6.45) is 1.22. The second-order valence-corrected chi connectivity index (χ2v) is 8.51. The first-order chi connectivity index (χ1) is 16.2. The fraction of sp³-hybridized carbons (Fsp3) is 0.286. The number of aliphatic hydroxyl groups is 1. The van der Waals surface area contributed by atoms with Crippen molar-refractivity contribution in [3.05, 3.63) is 108 Å². The van der Waals surface area contributed by atoms with Gasteiger partial charge < -0.3 is 15.3 Å². The first-order valence-corrected chi connectivity index (χ1v) is 11.5. The van der Waals surface area contributed by atoms with Crippen LogP contribution < -0.4 is 5.32 Å². The van der Waals surface area contributed by atoms with E-state index in [0.29, 0.717) is 25.9 Å². The predicted octanol–water partition coefficient (Wildman–Crippen LogP) is 3.91. The molecule has 3 aromatic rings. The Hall–Kier alpha value is -3.44. The Bertz CT molecular complexity index is 993. The average molecular weight is 443 g/mol. The first-order valence-electron chi connectivity index (χ1n) is 11.5. The van der Waals surface area contributed by atoms with Crippen molar-refractivity contribution in [2.24, 2.45) is 5.92 Å². The molecule has 33 heavy (non-hydrogen) atoms. The van der Waals surface area contributed by atoms with E-state index in [9.17, 15) is 14.7 Å². The lowest BCUT2D eigenvalue weighted by Crippen LogP contribution is -2.45. The van der Waals surface area contributed by atoms with Gasteiger partial charge in [0.05, 0.1) is 18.6 Å². The molecule has 3 aromatic carbocycles. The molecule has 1 aliphatic heterocycles. The van der Waals surface area contributed by atoms with Crippen LogP contribution in [0.2, 0.25) is 0 Å². The van der Waals surface area contributed by atoms with Gasteiger partial charge in [-0.3, -0.25) is 9.59 Å². The van der Waals surface area contributed by atoms with Gasteiger partial charge in [-0.1, -0.05) is 91.0 Å². The zero-order chi connectivity index (χ0) is 23.0. The summed E-state index contributed by atoms with van der Waals surface area (Å²) in [6.45, 7) is 0.938. The minimum absolute atomic E-state index is 0.0623. The van der Waals surface area contributed by atoms with Gasteiger partial charge in [0.25, 0.3) is 0 Å². The van der Waals surface area contributed by atoms with E-state index >= 15 is 0 Å². The molecule has 1 heterocycles. The number of nitrogens with zero attached hydrogens (tertiary/aromatic N) is 1. The average Bonchev–Trinajstić information content (AvgIpc) is 2.89. The van der Waals surface area contributed by atoms with Crippen LogP contribution in [0.25, 0.3) is 0 Å². The summed E-state index contributed by atoms with van der Waals surface area (Å²) < 4.78 is 0. The Labute approximate surface area is 195 Å². The molecule has 0 saturated carbocycles. The van der Waals surface area contributed by atoms with Gasteiger partial charge in [0.1, 0.15) is 0 Å². The summed E-state index contributed by atoms with van der Waals surface area (Å²) in [7, 11) is 0. The van der Waals surface area contributed by atoms with Crippen molar-refractivity contribution in [1.82, 2.24) is 10.2 Å².